The minimum absolute atomic E-state index is 0.0518. The molecule has 0 radical (unpaired) electrons. The van der Waals surface area contributed by atoms with Crippen molar-refractivity contribution < 1.29 is 4.79 Å². The van der Waals surface area contributed by atoms with E-state index in [-0.39, 0.29) is 11.4 Å². The van der Waals surface area contributed by atoms with Crippen LogP contribution in [0.5, 0.6) is 0 Å². The molecule has 88 valence electrons. The fraction of sp³-hybridized carbons (Fsp3) is 0.778. The molecule has 5 N–H and O–H groups in total. The van der Waals surface area contributed by atoms with Crippen molar-refractivity contribution in [2.75, 3.05) is 6.54 Å². The number of hydrogen-bond acceptors (Lipinski definition) is 3. The van der Waals surface area contributed by atoms with Crippen LogP contribution in [0.1, 0.15) is 33.6 Å². The number of hydrogen-bond donors (Lipinski definition) is 4. The van der Waals surface area contributed by atoms with Gasteiger partial charge in [-0.3, -0.25) is 4.79 Å². The van der Waals surface area contributed by atoms with E-state index in [2.05, 4.69) is 16.1 Å². The van der Waals surface area contributed by atoms with Crippen LogP contribution in [-0.4, -0.2) is 23.1 Å². The molecule has 0 aromatic rings. The zero-order valence-electron chi connectivity index (χ0n) is 9.52. The molecule has 5 nitrogen and oxygen atoms in total. The van der Waals surface area contributed by atoms with Gasteiger partial charge in [-0.2, -0.15) is 0 Å². The van der Waals surface area contributed by atoms with Gasteiger partial charge < -0.3 is 16.1 Å². The first-order valence-corrected chi connectivity index (χ1v) is 5.31. The van der Waals surface area contributed by atoms with Gasteiger partial charge in [0.2, 0.25) is 5.91 Å². The highest BCUT2D eigenvalue weighted by atomic mass is 32.1. The van der Waals surface area contributed by atoms with Crippen LogP contribution in [0.2, 0.25) is 0 Å². The van der Waals surface area contributed by atoms with Crippen molar-refractivity contribution in [3.05, 3.63) is 0 Å². The average molecular weight is 232 g/mol. The molecule has 0 spiro atoms. The van der Waals surface area contributed by atoms with Gasteiger partial charge in [0.15, 0.2) is 5.11 Å². The summed E-state index contributed by atoms with van der Waals surface area (Å²) in [7, 11) is 0. The number of amides is 1. The fourth-order valence-electron chi connectivity index (χ4n) is 0.983. The van der Waals surface area contributed by atoms with Crippen molar-refractivity contribution >= 4 is 23.2 Å². The zero-order valence-corrected chi connectivity index (χ0v) is 10.3. The second-order valence-electron chi connectivity index (χ2n) is 4.30. The quantitative estimate of drug-likeness (QED) is 0.238. The molecule has 0 unspecified atom stereocenters. The molecule has 0 aliphatic rings. The Morgan fingerprint density at radius 1 is 1.40 bits per heavy atom. The Kier molecular flexibility index (Phi) is 6.19. The molecule has 0 saturated carbocycles. The van der Waals surface area contributed by atoms with E-state index < -0.39 is 0 Å². The predicted molar refractivity (Wildman–Crippen MR) is 65.1 cm³/mol. The summed E-state index contributed by atoms with van der Waals surface area (Å²) in [5.74, 6) is 5.12. The third kappa shape index (κ3) is 9.42. The summed E-state index contributed by atoms with van der Waals surface area (Å²) in [5, 5.41) is 6.14. The van der Waals surface area contributed by atoms with Gasteiger partial charge in [0, 0.05) is 18.5 Å². The first kappa shape index (κ1) is 14.1. The van der Waals surface area contributed by atoms with E-state index in [1.54, 1.807) is 0 Å². The molecule has 0 rings (SSSR count). The lowest BCUT2D eigenvalue weighted by molar-refractivity contribution is -0.122. The number of rotatable bonds is 4. The van der Waals surface area contributed by atoms with Crippen molar-refractivity contribution in [2.45, 2.75) is 39.2 Å². The second kappa shape index (κ2) is 6.58. The summed E-state index contributed by atoms with van der Waals surface area (Å²) < 4.78 is 0. The van der Waals surface area contributed by atoms with Crippen LogP contribution in [0, 0.1) is 0 Å². The van der Waals surface area contributed by atoms with E-state index in [1.165, 1.54) is 0 Å². The van der Waals surface area contributed by atoms with E-state index in [9.17, 15) is 4.79 Å². The first-order chi connectivity index (χ1) is 6.85. The smallest absolute Gasteiger partial charge is 0.220 e. The van der Waals surface area contributed by atoms with Crippen molar-refractivity contribution in [1.29, 1.82) is 0 Å². The van der Waals surface area contributed by atoms with E-state index in [1.807, 2.05) is 20.8 Å². The van der Waals surface area contributed by atoms with Crippen LogP contribution in [0.15, 0.2) is 0 Å². The molecule has 6 heteroatoms. The second-order valence-corrected chi connectivity index (χ2v) is 4.71. The number of hydrazine groups is 1. The van der Waals surface area contributed by atoms with Gasteiger partial charge in [-0.1, -0.05) is 0 Å². The van der Waals surface area contributed by atoms with Crippen molar-refractivity contribution in [3.63, 3.8) is 0 Å². The molecule has 0 aliphatic carbocycles. The monoisotopic (exact) mass is 232 g/mol. The molecular weight excluding hydrogens is 212 g/mol. The summed E-state index contributed by atoms with van der Waals surface area (Å²) in [6.07, 6.45) is 1.21. The largest absolute Gasteiger partial charge is 0.362 e. The molecule has 1 amide bonds. The molecular formula is C9H20N4OS. The van der Waals surface area contributed by atoms with Crippen molar-refractivity contribution in [3.8, 4) is 0 Å². The molecule has 0 aromatic carbocycles. The number of nitrogens with one attached hydrogen (secondary N) is 3. The Labute approximate surface area is 96.1 Å². The topological polar surface area (TPSA) is 79.2 Å². The maximum atomic E-state index is 11.4. The van der Waals surface area contributed by atoms with Gasteiger partial charge in [-0.05, 0) is 39.4 Å². The number of carbonyl (C=O) groups is 1. The fourth-order valence-corrected chi connectivity index (χ4v) is 1.08. The molecule has 0 aromatic heterocycles. The summed E-state index contributed by atoms with van der Waals surface area (Å²) >= 11 is 4.77. The highest BCUT2D eigenvalue weighted by Gasteiger charge is 2.12. The van der Waals surface area contributed by atoms with Crippen LogP contribution >= 0.6 is 12.2 Å². The molecule has 15 heavy (non-hydrogen) atoms. The number of carbonyl (C=O) groups excluding carboxylic acids is 1. The predicted octanol–water partition coefficient (Wildman–Crippen LogP) is 0.0191. The first-order valence-electron chi connectivity index (χ1n) is 4.90. The van der Waals surface area contributed by atoms with Crippen LogP contribution in [0.25, 0.3) is 0 Å². The van der Waals surface area contributed by atoms with Gasteiger partial charge in [-0.25, -0.2) is 5.84 Å². The minimum atomic E-state index is -0.168. The van der Waals surface area contributed by atoms with Gasteiger partial charge in [-0.15, -0.1) is 0 Å². The van der Waals surface area contributed by atoms with E-state index >= 15 is 0 Å². The van der Waals surface area contributed by atoms with Crippen LogP contribution in [0.3, 0.4) is 0 Å². The van der Waals surface area contributed by atoms with E-state index in [4.69, 9.17) is 18.1 Å². The Morgan fingerprint density at radius 3 is 2.47 bits per heavy atom. The molecule has 0 saturated heterocycles. The Balaban J connectivity index is 3.52. The lowest BCUT2D eigenvalue weighted by Crippen LogP contribution is -2.42. The van der Waals surface area contributed by atoms with Crippen LogP contribution in [0.4, 0.5) is 0 Å². The van der Waals surface area contributed by atoms with Crippen LogP contribution in [-0.2, 0) is 4.79 Å². The highest BCUT2D eigenvalue weighted by Crippen LogP contribution is 1.99. The molecule has 0 fully saturated rings. The third-order valence-electron chi connectivity index (χ3n) is 1.51. The minimum Gasteiger partial charge on any atom is -0.362 e. The lowest BCUT2D eigenvalue weighted by atomic mass is 10.1. The maximum Gasteiger partial charge on any atom is 0.220 e. The maximum absolute atomic E-state index is 11.4. The van der Waals surface area contributed by atoms with Crippen molar-refractivity contribution in [1.82, 2.24) is 16.1 Å². The van der Waals surface area contributed by atoms with E-state index in [0.717, 1.165) is 6.42 Å². The summed E-state index contributed by atoms with van der Waals surface area (Å²) in [5.41, 5.74) is 2.14. The molecule has 0 heterocycles. The lowest BCUT2D eigenvalue weighted by Gasteiger charge is -2.20. The standard InChI is InChI=1S/C9H20N4OS/c1-9(2,3)12-7(14)5-4-6-11-8(15)13-10/h4-6,10H2,1-3H3,(H,12,14)(H2,11,13,15). The summed E-state index contributed by atoms with van der Waals surface area (Å²) in [6.45, 7) is 6.50. The Bertz CT molecular complexity index is 225. The van der Waals surface area contributed by atoms with Gasteiger partial charge in [0.05, 0.1) is 0 Å². The highest BCUT2D eigenvalue weighted by molar-refractivity contribution is 7.80. The zero-order chi connectivity index (χ0) is 11.9. The van der Waals surface area contributed by atoms with Gasteiger partial charge >= 0.3 is 0 Å². The Morgan fingerprint density at radius 2 is 2.00 bits per heavy atom. The average Bonchev–Trinajstić information content (AvgIpc) is 2.09. The Hall–Kier alpha value is -0.880. The van der Waals surface area contributed by atoms with E-state index in [0.29, 0.717) is 18.1 Å². The molecule has 0 atom stereocenters. The van der Waals surface area contributed by atoms with Crippen molar-refractivity contribution in [2.24, 2.45) is 5.84 Å². The van der Waals surface area contributed by atoms with Gasteiger partial charge in [0.1, 0.15) is 0 Å². The number of thiocarbonyl (C=S) groups is 1. The van der Waals surface area contributed by atoms with Gasteiger partial charge in [0.25, 0.3) is 0 Å². The summed E-state index contributed by atoms with van der Waals surface area (Å²) in [4.78, 5) is 11.4. The SMILES string of the molecule is CC(C)(C)NC(=O)CCCNC(=S)NN. The number of nitrogens with two attached hydrogens (primary N) is 1. The normalized spacial score (nSPS) is 10.7. The summed E-state index contributed by atoms with van der Waals surface area (Å²) in [6, 6.07) is 0. The molecule has 0 bridgehead atoms. The van der Waals surface area contributed by atoms with Crippen LogP contribution < -0.4 is 21.9 Å². The molecule has 0 aliphatic heterocycles. The third-order valence-corrected chi connectivity index (χ3v) is 1.77.